The molecule has 0 atom stereocenters. The summed E-state index contributed by atoms with van der Waals surface area (Å²) >= 11 is 0. The molecule has 0 aliphatic carbocycles. The third-order valence-corrected chi connectivity index (χ3v) is 2.04. The van der Waals surface area contributed by atoms with Gasteiger partial charge in [0.25, 0.3) is 0 Å². The van der Waals surface area contributed by atoms with Crippen LogP contribution in [0.25, 0.3) is 5.57 Å². The zero-order valence-electron chi connectivity index (χ0n) is 7.64. The molecule has 0 aromatic heterocycles. The van der Waals surface area contributed by atoms with Crippen LogP contribution in [0.1, 0.15) is 12.0 Å². The standard InChI is InChI=1S/C12H10O2/c13-12-7-6-11(8-9-14-12)10-4-2-1-3-5-10/h1-6,8-9H,7H2. The van der Waals surface area contributed by atoms with Gasteiger partial charge < -0.3 is 4.74 Å². The highest BCUT2D eigenvalue weighted by atomic mass is 16.5. The predicted octanol–water partition coefficient (Wildman–Crippen LogP) is 2.53. The molecule has 0 saturated heterocycles. The quantitative estimate of drug-likeness (QED) is 0.630. The molecule has 1 aliphatic heterocycles. The van der Waals surface area contributed by atoms with E-state index in [2.05, 4.69) is 0 Å². The second-order valence-corrected chi connectivity index (χ2v) is 3.02. The molecule has 1 heterocycles. The number of carbonyl (C=O) groups excluding carboxylic acids is 1. The summed E-state index contributed by atoms with van der Waals surface area (Å²) in [6.07, 6.45) is 5.45. The fourth-order valence-electron chi connectivity index (χ4n) is 1.34. The Kier molecular flexibility index (Phi) is 2.45. The number of carbonyl (C=O) groups is 1. The fraction of sp³-hybridized carbons (Fsp3) is 0.0833. The molecule has 0 fully saturated rings. The largest absolute Gasteiger partial charge is 0.434 e. The molecule has 1 aromatic rings. The van der Waals surface area contributed by atoms with Gasteiger partial charge in [-0.2, -0.15) is 0 Å². The number of rotatable bonds is 1. The molecule has 2 heteroatoms. The number of hydrogen-bond donors (Lipinski definition) is 0. The Bertz CT molecular complexity index is 388. The molecule has 0 saturated carbocycles. The lowest BCUT2D eigenvalue weighted by Crippen LogP contribution is -1.94. The lowest BCUT2D eigenvalue weighted by Gasteiger charge is -1.98. The molecule has 0 amide bonds. The van der Waals surface area contributed by atoms with Gasteiger partial charge in [-0.15, -0.1) is 0 Å². The topological polar surface area (TPSA) is 26.3 Å². The first-order chi connectivity index (χ1) is 6.86. The van der Waals surface area contributed by atoms with E-state index in [0.717, 1.165) is 11.1 Å². The van der Waals surface area contributed by atoms with Crippen LogP contribution < -0.4 is 0 Å². The van der Waals surface area contributed by atoms with Crippen LogP contribution in [0.5, 0.6) is 0 Å². The summed E-state index contributed by atoms with van der Waals surface area (Å²) in [6.45, 7) is 0. The lowest BCUT2D eigenvalue weighted by molar-refractivity contribution is -0.136. The van der Waals surface area contributed by atoms with E-state index in [1.165, 1.54) is 6.26 Å². The molecule has 0 radical (unpaired) electrons. The lowest BCUT2D eigenvalue weighted by atomic mass is 10.1. The van der Waals surface area contributed by atoms with Gasteiger partial charge >= 0.3 is 5.97 Å². The van der Waals surface area contributed by atoms with Crippen LogP contribution in [0.2, 0.25) is 0 Å². The van der Waals surface area contributed by atoms with E-state index >= 15 is 0 Å². The molecule has 70 valence electrons. The Hall–Kier alpha value is -1.83. The van der Waals surface area contributed by atoms with Crippen molar-refractivity contribution in [3.8, 4) is 0 Å². The Morgan fingerprint density at radius 1 is 1.14 bits per heavy atom. The van der Waals surface area contributed by atoms with E-state index in [-0.39, 0.29) is 5.97 Å². The van der Waals surface area contributed by atoms with Gasteiger partial charge in [-0.3, -0.25) is 4.79 Å². The maximum atomic E-state index is 10.9. The minimum absolute atomic E-state index is 0.216. The summed E-state index contributed by atoms with van der Waals surface area (Å²) in [5, 5.41) is 0. The van der Waals surface area contributed by atoms with Gasteiger partial charge in [0.05, 0.1) is 12.7 Å². The van der Waals surface area contributed by atoms with Crippen LogP contribution in [0.15, 0.2) is 48.7 Å². The Morgan fingerprint density at radius 3 is 2.71 bits per heavy atom. The van der Waals surface area contributed by atoms with E-state index in [0.29, 0.717) is 6.42 Å². The summed E-state index contributed by atoms with van der Waals surface area (Å²) in [5.41, 5.74) is 2.12. The molecule has 14 heavy (non-hydrogen) atoms. The maximum Gasteiger partial charge on any atom is 0.314 e. The van der Waals surface area contributed by atoms with Gasteiger partial charge in [-0.25, -0.2) is 0 Å². The van der Waals surface area contributed by atoms with Crippen LogP contribution >= 0.6 is 0 Å². The molecular formula is C12H10O2. The summed E-state index contributed by atoms with van der Waals surface area (Å²) in [5.74, 6) is -0.216. The molecule has 2 nitrogen and oxygen atoms in total. The Morgan fingerprint density at radius 2 is 1.93 bits per heavy atom. The highest BCUT2D eigenvalue weighted by Gasteiger charge is 2.05. The smallest absolute Gasteiger partial charge is 0.314 e. The predicted molar refractivity (Wildman–Crippen MR) is 54.3 cm³/mol. The molecule has 1 aromatic carbocycles. The maximum absolute atomic E-state index is 10.9. The van der Waals surface area contributed by atoms with E-state index in [1.54, 1.807) is 6.08 Å². The number of benzene rings is 1. The minimum Gasteiger partial charge on any atom is -0.434 e. The van der Waals surface area contributed by atoms with Crippen molar-refractivity contribution in [1.82, 2.24) is 0 Å². The van der Waals surface area contributed by atoms with Gasteiger partial charge in [0.1, 0.15) is 0 Å². The number of esters is 1. The Labute approximate surface area is 82.5 Å². The molecule has 2 rings (SSSR count). The summed E-state index contributed by atoms with van der Waals surface area (Å²) in [4.78, 5) is 10.9. The summed E-state index contributed by atoms with van der Waals surface area (Å²) in [7, 11) is 0. The molecular weight excluding hydrogens is 176 g/mol. The van der Waals surface area contributed by atoms with Gasteiger partial charge in [0.2, 0.25) is 0 Å². The zero-order valence-corrected chi connectivity index (χ0v) is 7.64. The van der Waals surface area contributed by atoms with E-state index < -0.39 is 0 Å². The monoisotopic (exact) mass is 186 g/mol. The molecule has 0 N–H and O–H groups in total. The van der Waals surface area contributed by atoms with Crippen LogP contribution in [0.3, 0.4) is 0 Å². The van der Waals surface area contributed by atoms with Crippen molar-refractivity contribution in [3.05, 3.63) is 54.3 Å². The first-order valence-electron chi connectivity index (χ1n) is 4.48. The average molecular weight is 186 g/mol. The normalized spacial score (nSPS) is 15.7. The summed E-state index contributed by atoms with van der Waals surface area (Å²) in [6, 6.07) is 9.92. The van der Waals surface area contributed by atoms with Crippen LogP contribution in [0.4, 0.5) is 0 Å². The molecule has 1 aliphatic rings. The molecule has 0 unspecified atom stereocenters. The van der Waals surface area contributed by atoms with E-state index in [4.69, 9.17) is 4.74 Å². The highest BCUT2D eigenvalue weighted by molar-refractivity contribution is 5.81. The minimum atomic E-state index is -0.216. The number of ether oxygens (including phenoxy) is 1. The van der Waals surface area contributed by atoms with Gasteiger partial charge in [0.15, 0.2) is 0 Å². The van der Waals surface area contributed by atoms with Crippen molar-refractivity contribution in [1.29, 1.82) is 0 Å². The van der Waals surface area contributed by atoms with Crippen molar-refractivity contribution in [2.24, 2.45) is 0 Å². The van der Waals surface area contributed by atoms with Gasteiger partial charge in [-0.1, -0.05) is 36.4 Å². The van der Waals surface area contributed by atoms with Crippen molar-refractivity contribution >= 4 is 11.5 Å². The molecule has 0 spiro atoms. The third-order valence-electron chi connectivity index (χ3n) is 2.04. The Balaban J connectivity index is 2.31. The van der Waals surface area contributed by atoms with E-state index in [9.17, 15) is 4.79 Å². The van der Waals surface area contributed by atoms with Crippen molar-refractivity contribution in [3.63, 3.8) is 0 Å². The number of allylic oxidation sites excluding steroid dienone is 2. The fourth-order valence-corrected chi connectivity index (χ4v) is 1.34. The van der Waals surface area contributed by atoms with Crippen LogP contribution in [0, 0.1) is 0 Å². The highest BCUT2D eigenvalue weighted by Crippen LogP contribution is 2.18. The van der Waals surface area contributed by atoms with Crippen molar-refractivity contribution < 1.29 is 9.53 Å². The van der Waals surface area contributed by atoms with Crippen LogP contribution in [-0.4, -0.2) is 5.97 Å². The second-order valence-electron chi connectivity index (χ2n) is 3.02. The zero-order chi connectivity index (χ0) is 9.80. The number of hydrogen-bond acceptors (Lipinski definition) is 2. The van der Waals surface area contributed by atoms with Gasteiger partial charge in [-0.05, 0) is 17.2 Å². The van der Waals surface area contributed by atoms with Crippen LogP contribution in [-0.2, 0) is 9.53 Å². The first kappa shape index (κ1) is 8.75. The van der Waals surface area contributed by atoms with Gasteiger partial charge in [0, 0.05) is 0 Å². The average Bonchev–Trinajstić information content (AvgIpc) is 2.44. The van der Waals surface area contributed by atoms with E-state index in [1.807, 2.05) is 36.4 Å². The number of cyclic esters (lactones) is 1. The van der Waals surface area contributed by atoms with Crippen molar-refractivity contribution in [2.45, 2.75) is 6.42 Å². The second kappa shape index (κ2) is 3.92. The SMILES string of the molecule is O=C1CC=C(c2ccccc2)C=CO1. The van der Waals surface area contributed by atoms with Crippen molar-refractivity contribution in [2.75, 3.05) is 0 Å². The molecule has 0 bridgehead atoms. The third kappa shape index (κ3) is 1.91. The summed E-state index contributed by atoms with van der Waals surface area (Å²) < 4.78 is 4.78. The first-order valence-corrected chi connectivity index (χ1v) is 4.48.